The molecule has 0 saturated carbocycles. The number of aliphatic hydroxyl groups is 1. The van der Waals surface area contributed by atoms with Gasteiger partial charge >= 0.3 is 0 Å². The van der Waals surface area contributed by atoms with Gasteiger partial charge in [0.2, 0.25) is 0 Å². The SMILES string of the molecule is C=C/C=C(\C(O)=C/C(C)P)c1n[nH]c(=S)n1-c1cccc2ccccc12. The van der Waals surface area contributed by atoms with Crippen LogP contribution in [-0.2, 0) is 0 Å². The Morgan fingerprint density at radius 2 is 2.04 bits per heavy atom. The van der Waals surface area contributed by atoms with Crippen molar-refractivity contribution in [1.29, 1.82) is 0 Å². The fraction of sp³-hybridized carbons (Fsp3) is 0.100. The van der Waals surface area contributed by atoms with Gasteiger partial charge in [0.25, 0.3) is 0 Å². The molecule has 26 heavy (non-hydrogen) atoms. The summed E-state index contributed by atoms with van der Waals surface area (Å²) in [6, 6.07) is 14.1. The molecule has 2 N–H and O–H groups in total. The smallest absolute Gasteiger partial charge is 0.200 e. The third kappa shape index (κ3) is 3.55. The van der Waals surface area contributed by atoms with Gasteiger partial charge in [0, 0.05) is 5.39 Å². The zero-order valence-electron chi connectivity index (χ0n) is 14.4. The summed E-state index contributed by atoms with van der Waals surface area (Å²) in [5.41, 5.74) is 1.56. The lowest BCUT2D eigenvalue weighted by atomic mass is 10.1. The van der Waals surface area contributed by atoms with E-state index in [1.165, 1.54) is 0 Å². The van der Waals surface area contributed by atoms with E-state index in [4.69, 9.17) is 12.2 Å². The van der Waals surface area contributed by atoms with Gasteiger partial charge in [0.05, 0.1) is 11.3 Å². The second-order valence-electron chi connectivity index (χ2n) is 5.91. The highest BCUT2D eigenvalue weighted by Gasteiger charge is 2.17. The number of hydrogen-bond donors (Lipinski definition) is 2. The molecule has 132 valence electrons. The highest BCUT2D eigenvalue weighted by Crippen LogP contribution is 2.28. The Kier molecular flexibility index (Phi) is 5.50. The third-order valence-corrected chi connectivity index (χ3v) is 4.37. The number of nitrogens with one attached hydrogen (secondary N) is 1. The maximum Gasteiger partial charge on any atom is 0.200 e. The minimum atomic E-state index is 0.108. The number of rotatable bonds is 5. The van der Waals surface area contributed by atoms with Crippen LogP contribution in [0.5, 0.6) is 0 Å². The van der Waals surface area contributed by atoms with Gasteiger partial charge in [-0.1, -0.05) is 56.0 Å². The summed E-state index contributed by atoms with van der Waals surface area (Å²) in [7, 11) is 2.63. The quantitative estimate of drug-likeness (QED) is 0.271. The molecular formula is C20H20N3OPS. The maximum absolute atomic E-state index is 10.6. The van der Waals surface area contributed by atoms with Gasteiger partial charge in [0.1, 0.15) is 5.76 Å². The standard InChI is InChI=1S/C20H20N3OPS/c1-3-7-16(18(24)12-13(2)25)19-21-22-20(26)23(19)17-11-6-9-14-8-4-5-10-15(14)17/h3-13,24H,1,25H2,2H3,(H,22,26)/b16-7+,18-12+. The van der Waals surface area contributed by atoms with Crippen LogP contribution in [0.2, 0.25) is 0 Å². The zero-order valence-corrected chi connectivity index (χ0v) is 16.4. The van der Waals surface area contributed by atoms with Gasteiger partial charge in [-0.3, -0.25) is 9.67 Å². The number of benzene rings is 2. The molecule has 0 aliphatic heterocycles. The highest BCUT2D eigenvalue weighted by molar-refractivity contribution is 7.71. The highest BCUT2D eigenvalue weighted by atomic mass is 32.1. The van der Waals surface area contributed by atoms with Crippen molar-refractivity contribution in [2.45, 2.75) is 12.6 Å². The summed E-state index contributed by atoms with van der Waals surface area (Å²) in [5, 5.41) is 20.0. The van der Waals surface area contributed by atoms with E-state index in [2.05, 4.69) is 38.1 Å². The zero-order chi connectivity index (χ0) is 18.7. The summed E-state index contributed by atoms with van der Waals surface area (Å²) < 4.78 is 2.29. The first-order valence-electron chi connectivity index (χ1n) is 8.18. The molecule has 0 aliphatic rings. The molecule has 1 aromatic heterocycles. The first kappa shape index (κ1) is 18.3. The summed E-state index contributed by atoms with van der Waals surface area (Å²) in [4.78, 5) is 0. The number of H-pyrrole nitrogens is 1. The molecule has 2 atom stereocenters. The van der Waals surface area contributed by atoms with Crippen LogP contribution in [0.1, 0.15) is 12.7 Å². The molecule has 0 radical (unpaired) electrons. The van der Waals surface area contributed by atoms with Gasteiger partial charge in [0.15, 0.2) is 10.6 Å². The molecule has 0 spiro atoms. The summed E-state index contributed by atoms with van der Waals surface area (Å²) in [5.74, 6) is 0.661. The van der Waals surface area contributed by atoms with Crippen molar-refractivity contribution in [2.75, 3.05) is 0 Å². The van der Waals surface area contributed by atoms with E-state index in [0.29, 0.717) is 16.2 Å². The van der Waals surface area contributed by atoms with E-state index < -0.39 is 0 Å². The number of aromatic nitrogens is 3. The molecule has 4 nitrogen and oxygen atoms in total. The van der Waals surface area contributed by atoms with Crippen molar-refractivity contribution < 1.29 is 5.11 Å². The maximum atomic E-state index is 10.6. The predicted molar refractivity (Wildman–Crippen MR) is 114 cm³/mol. The second-order valence-corrected chi connectivity index (χ2v) is 7.35. The fourth-order valence-electron chi connectivity index (χ4n) is 2.84. The summed E-state index contributed by atoms with van der Waals surface area (Å²) in [6.07, 6.45) is 5.09. The first-order valence-corrected chi connectivity index (χ1v) is 9.25. The van der Waals surface area contributed by atoms with Crippen molar-refractivity contribution in [1.82, 2.24) is 14.8 Å². The van der Waals surface area contributed by atoms with Crippen LogP contribution in [0, 0.1) is 4.77 Å². The molecule has 1 heterocycles. The Hall–Kier alpha value is -2.49. The molecule has 0 bridgehead atoms. The lowest BCUT2D eigenvalue weighted by Crippen LogP contribution is -2.04. The van der Waals surface area contributed by atoms with E-state index >= 15 is 0 Å². The Morgan fingerprint density at radius 3 is 2.77 bits per heavy atom. The summed E-state index contributed by atoms with van der Waals surface area (Å²) >= 11 is 5.48. The molecule has 0 amide bonds. The molecule has 3 rings (SSSR count). The Bertz CT molecular complexity index is 1070. The average molecular weight is 381 g/mol. The van der Waals surface area contributed by atoms with Crippen molar-refractivity contribution in [2.24, 2.45) is 0 Å². The van der Waals surface area contributed by atoms with Crippen LogP contribution in [0.25, 0.3) is 22.0 Å². The molecule has 0 fully saturated rings. The minimum Gasteiger partial charge on any atom is -0.508 e. The molecule has 3 aromatic rings. The van der Waals surface area contributed by atoms with Crippen LogP contribution in [0.4, 0.5) is 0 Å². The number of aromatic amines is 1. The Labute approximate surface area is 159 Å². The Morgan fingerprint density at radius 1 is 1.31 bits per heavy atom. The van der Waals surface area contributed by atoms with Gasteiger partial charge in [-0.05, 0) is 41.5 Å². The molecule has 2 unspecified atom stereocenters. The van der Waals surface area contributed by atoms with Crippen molar-refractivity contribution in [3.05, 3.63) is 83.6 Å². The van der Waals surface area contributed by atoms with E-state index in [1.54, 1.807) is 18.2 Å². The normalized spacial score (nSPS) is 13.8. The van der Waals surface area contributed by atoms with Crippen LogP contribution < -0.4 is 0 Å². The van der Waals surface area contributed by atoms with Gasteiger partial charge in [-0.25, -0.2) is 0 Å². The first-order chi connectivity index (χ1) is 12.5. The van der Waals surface area contributed by atoms with Crippen LogP contribution in [-0.4, -0.2) is 25.5 Å². The fourth-order valence-corrected chi connectivity index (χ4v) is 3.25. The van der Waals surface area contributed by atoms with Gasteiger partial charge < -0.3 is 5.11 Å². The molecule has 0 aliphatic carbocycles. The lowest BCUT2D eigenvalue weighted by molar-refractivity contribution is 0.434. The van der Waals surface area contributed by atoms with Crippen LogP contribution in [0.15, 0.2) is 73.0 Å². The van der Waals surface area contributed by atoms with E-state index in [9.17, 15) is 5.11 Å². The summed E-state index contributed by atoms with van der Waals surface area (Å²) in [6.45, 7) is 5.72. The Balaban J connectivity index is 2.29. The van der Waals surface area contributed by atoms with Crippen LogP contribution >= 0.6 is 21.5 Å². The molecular weight excluding hydrogens is 361 g/mol. The van der Waals surface area contributed by atoms with Crippen molar-refractivity contribution in [3.8, 4) is 5.69 Å². The minimum absolute atomic E-state index is 0.108. The number of nitrogens with zero attached hydrogens (tertiary/aromatic N) is 2. The number of aliphatic hydroxyl groups excluding tert-OH is 1. The number of hydrogen-bond acceptors (Lipinski definition) is 3. The predicted octanol–water partition coefficient (Wildman–Crippen LogP) is 5.36. The molecule has 2 aromatic carbocycles. The number of fused-ring (bicyclic) bond motifs is 1. The number of allylic oxidation sites excluding steroid dienone is 4. The monoisotopic (exact) mass is 381 g/mol. The van der Waals surface area contributed by atoms with Crippen molar-refractivity contribution >= 4 is 37.8 Å². The topological polar surface area (TPSA) is 53.8 Å². The van der Waals surface area contributed by atoms with Gasteiger partial charge in [-0.15, -0.1) is 9.24 Å². The van der Waals surface area contributed by atoms with Gasteiger partial charge in [-0.2, -0.15) is 5.10 Å². The van der Waals surface area contributed by atoms with E-state index in [0.717, 1.165) is 16.5 Å². The van der Waals surface area contributed by atoms with Crippen LogP contribution in [0.3, 0.4) is 0 Å². The van der Waals surface area contributed by atoms with Crippen molar-refractivity contribution in [3.63, 3.8) is 0 Å². The average Bonchev–Trinajstić information content (AvgIpc) is 2.99. The largest absolute Gasteiger partial charge is 0.508 e. The third-order valence-electron chi connectivity index (χ3n) is 3.90. The molecule has 6 heteroatoms. The van der Waals surface area contributed by atoms with E-state index in [1.807, 2.05) is 41.8 Å². The molecule has 0 saturated heterocycles. The van der Waals surface area contributed by atoms with E-state index in [-0.39, 0.29) is 11.4 Å². The second kappa shape index (κ2) is 7.81. The lowest BCUT2D eigenvalue weighted by Gasteiger charge is -2.12.